The summed E-state index contributed by atoms with van der Waals surface area (Å²) in [5.41, 5.74) is 5.90. The molecule has 1 saturated carbocycles. The van der Waals surface area contributed by atoms with Gasteiger partial charge < -0.3 is 19.5 Å². The van der Waals surface area contributed by atoms with E-state index in [0.29, 0.717) is 66.9 Å². The van der Waals surface area contributed by atoms with Gasteiger partial charge in [0.25, 0.3) is 12.3 Å². The number of hydrogen-bond donors (Lipinski definition) is 2. The van der Waals surface area contributed by atoms with Crippen LogP contribution in [0.5, 0.6) is 5.88 Å². The molecule has 4 aromatic rings. The summed E-state index contributed by atoms with van der Waals surface area (Å²) >= 11 is 0. The van der Waals surface area contributed by atoms with Crippen LogP contribution in [0.25, 0.3) is 22.3 Å². The van der Waals surface area contributed by atoms with Crippen LogP contribution in [0.1, 0.15) is 41.0 Å². The first-order chi connectivity index (χ1) is 20.7. The zero-order valence-electron chi connectivity index (χ0n) is 24.6. The second-order valence-corrected chi connectivity index (χ2v) is 12.1. The highest BCUT2D eigenvalue weighted by molar-refractivity contribution is 6.05. The van der Waals surface area contributed by atoms with Crippen molar-refractivity contribution in [2.45, 2.75) is 52.1 Å². The van der Waals surface area contributed by atoms with Crippen molar-refractivity contribution < 1.29 is 18.3 Å². The Bertz CT molecular complexity index is 1700. The zero-order valence-corrected chi connectivity index (χ0v) is 24.6. The van der Waals surface area contributed by atoms with E-state index in [1.165, 1.54) is 0 Å². The van der Waals surface area contributed by atoms with E-state index in [1.54, 1.807) is 16.8 Å². The Morgan fingerprint density at radius 3 is 2.74 bits per heavy atom. The van der Waals surface area contributed by atoms with E-state index in [2.05, 4.69) is 20.3 Å². The third-order valence-corrected chi connectivity index (χ3v) is 9.02. The molecule has 226 valence electrons. The van der Waals surface area contributed by atoms with Gasteiger partial charge in [-0.15, -0.1) is 0 Å². The van der Waals surface area contributed by atoms with E-state index in [0.717, 1.165) is 47.2 Å². The Hall–Kier alpha value is -4.06. The first-order valence-corrected chi connectivity index (χ1v) is 15.0. The predicted molar refractivity (Wildman–Crippen MR) is 160 cm³/mol. The van der Waals surface area contributed by atoms with Gasteiger partial charge in [-0.3, -0.25) is 15.1 Å². The molecule has 0 spiro atoms. The summed E-state index contributed by atoms with van der Waals surface area (Å²) in [7, 11) is 1.87. The van der Waals surface area contributed by atoms with E-state index < -0.39 is 12.5 Å². The number of nitrogens with one attached hydrogen (secondary N) is 2. The van der Waals surface area contributed by atoms with Crippen LogP contribution >= 0.6 is 0 Å². The van der Waals surface area contributed by atoms with Gasteiger partial charge in [-0.1, -0.05) is 0 Å². The average Bonchev–Trinajstić information content (AvgIpc) is 3.66. The summed E-state index contributed by atoms with van der Waals surface area (Å²) in [5, 5.41) is 10.6. The second-order valence-electron chi connectivity index (χ2n) is 12.1. The van der Waals surface area contributed by atoms with E-state index in [9.17, 15) is 13.6 Å². The fourth-order valence-corrected chi connectivity index (χ4v) is 6.92. The lowest BCUT2D eigenvalue weighted by molar-refractivity contribution is 0.0958. The van der Waals surface area contributed by atoms with Gasteiger partial charge in [-0.05, 0) is 75.3 Å². The number of rotatable bonds is 2. The van der Waals surface area contributed by atoms with Gasteiger partial charge in [0.15, 0.2) is 0 Å². The van der Waals surface area contributed by atoms with Crippen molar-refractivity contribution in [1.29, 1.82) is 0 Å². The third kappa shape index (κ3) is 5.21. The molecule has 5 heterocycles. The minimum atomic E-state index is -2.43. The van der Waals surface area contributed by atoms with Crippen LogP contribution in [0, 0.1) is 25.7 Å². The number of halogens is 2. The molecular weight excluding hydrogens is 554 g/mol. The van der Waals surface area contributed by atoms with Crippen molar-refractivity contribution in [2.75, 3.05) is 36.5 Å². The quantitative estimate of drug-likeness (QED) is 0.353. The number of benzene rings is 1. The molecule has 2 fully saturated rings. The fraction of sp³-hybridized carbons (Fsp3) is 0.484. The summed E-state index contributed by atoms with van der Waals surface area (Å²) in [6, 6.07) is 8.54. The van der Waals surface area contributed by atoms with Crippen molar-refractivity contribution in [3.8, 4) is 17.1 Å². The molecule has 0 unspecified atom stereocenters. The van der Waals surface area contributed by atoms with Gasteiger partial charge in [0.2, 0.25) is 11.8 Å². The molecule has 0 radical (unpaired) electrons. The number of pyridine rings is 1. The molecule has 12 heteroatoms. The van der Waals surface area contributed by atoms with Crippen LogP contribution in [0.3, 0.4) is 0 Å². The molecule has 3 aliphatic rings. The van der Waals surface area contributed by atoms with Crippen LogP contribution in [-0.2, 0) is 13.6 Å². The smallest absolute Gasteiger partial charge is 0.258 e. The number of anilines is 2. The van der Waals surface area contributed by atoms with Gasteiger partial charge in [0.1, 0.15) is 0 Å². The van der Waals surface area contributed by atoms with E-state index >= 15 is 0 Å². The standard InChI is InChI=1S/C31H36F2N8O2/c1-17-10-21-12-24(35-17)27-18(2)38-39(3)30(27)43-16-20-5-4-19(11-20)14-41-26-13-22(40-9-8-34-25(15-40)28(32)33)6-7-23(26)36-31(41)37-29(21)42/h6-7,10,12-13,19-20,25,28,34H,4-5,8-9,11,14-16H2,1-3H3,(H,36,37,42)/t19-,20+,25+/m1/s1. The van der Waals surface area contributed by atoms with Crippen molar-refractivity contribution in [3.05, 3.63) is 47.3 Å². The van der Waals surface area contributed by atoms with Crippen LogP contribution in [-0.4, -0.2) is 68.9 Å². The molecule has 2 aliphatic heterocycles. The Labute approximate surface area is 248 Å². The first-order valence-electron chi connectivity index (χ1n) is 15.0. The number of aromatic nitrogens is 5. The molecule has 7 rings (SSSR count). The predicted octanol–water partition coefficient (Wildman–Crippen LogP) is 4.55. The maximum Gasteiger partial charge on any atom is 0.258 e. The van der Waals surface area contributed by atoms with E-state index in [4.69, 9.17) is 14.7 Å². The highest BCUT2D eigenvalue weighted by atomic mass is 19.3. The number of aryl methyl sites for hydroxylation is 3. The number of amides is 1. The van der Waals surface area contributed by atoms with Crippen LogP contribution < -0.4 is 20.3 Å². The van der Waals surface area contributed by atoms with Gasteiger partial charge in [-0.2, -0.15) is 5.10 Å². The third-order valence-electron chi connectivity index (χ3n) is 9.02. The lowest BCUT2D eigenvalue weighted by Gasteiger charge is -2.35. The monoisotopic (exact) mass is 590 g/mol. The molecule has 1 aliphatic carbocycles. The molecule has 1 saturated heterocycles. The van der Waals surface area contributed by atoms with Crippen LogP contribution in [0.2, 0.25) is 0 Å². The molecule has 2 N–H and O–H groups in total. The minimum Gasteiger partial charge on any atom is -0.477 e. The normalized spacial score (nSPS) is 22.5. The Balaban J connectivity index is 1.30. The largest absolute Gasteiger partial charge is 0.477 e. The first kappa shape index (κ1) is 27.8. The van der Waals surface area contributed by atoms with Crippen LogP contribution in [0.15, 0.2) is 30.3 Å². The number of carbonyl (C=O) groups is 1. The highest BCUT2D eigenvalue weighted by Crippen LogP contribution is 2.38. The lowest BCUT2D eigenvalue weighted by atomic mass is 10.1. The van der Waals surface area contributed by atoms with Crippen molar-refractivity contribution in [3.63, 3.8) is 0 Å². The molecule has 1 amide bonds. The molecule has 3 aromatic heterocycles. The molecule has 4 bridgehead atoms. The minimum absolute atomic E-state index is 0.228. The summed E-state index contributed by atoms with van der Waals surface area (Å²) in [4.78, 5) is 25.3. The fourth-order valence-electron chi connectivity index (χ4n) is 6.92. The molecule has 3 atom stereocenters. The van der Waals surface area contributed by atoms with Gasteiger partial charge in [0.05, 0.1) is 40.6 Å². The molecule has 43 heavy (non-hydrogen) atoms. The SMILES string of the molecule is Cc1cc2cc(n1)-c1c(C)nn(C)c1OC[C@H]1CC[C@H](C1)Cn1c(nc3ccc(N4CCN[C@H](C(F)F)C4)cc31)NC2=O. The lowest BCUT2D eigenvalue weighted by Crippen LogP contribution is -2.53. The molecule has 1 aromatic carbocycles. The summed E-state index contributed by atoms with van der Waals surface area (Å²) < 4.78 is 37.3. The number of alkyl halides is 2. The number of hydrogen-bond acceptors (Lipinski definition) is 7. The molecular formula is C31H36F2N8O2. The number of imidazole rings is 1. The number of carbonyl (C=O) groups excluding carboxylic acids is 1. The van der Waals surface area contributed by atoms with E-state index in [1.807, 2.05) is 44.0 Å². The van der Waals surface area contributed by atoms with Gasteiger partial charge in [0, 0.05) is 50.2 Å². The Morgan fingerprint density at radius 1 is 1.07 bits per heavy atom. The average molecular weight is 591 g/mol. The number of ether oxygens (including phenoxy) is 1. The molecule has 10 nitrogen and oxygen atoms in total. The van der Waals surface area contributed by atoms with Crippen molar-refractivity contribution in [1.82, 2.24) is 29.6 Å². The van der Waals surface area contributed by atoms with Crippen molar-refractivity contribution >= 4 is 28.6 Å². The Kier molecular flexibility index (Phi) is 7.03. The summed E-state index contributed by atoms with van der Waals surface area (Å²) in [6.45, 7) is 6.41. The topological polar surface area (TPSA) is 102 Å². The van der Waals surface area contributed by atoms with E-state index in [-0.39, 0.29) is 12.5 Å². The van der Waals surface area contributed by atoms with Crippen LogP contribution in [0.4, 0.5) is 20.4 Å². The maximum absolute atomic E-state index is 13.8. The number of fused-ring (bicyclic) bond motifs is 9. The van der Waals surface area contributed by atoms with Gasteiger partial charge >= 0.3 is 0 Å². The summed E-state index contributed by atoms with van der Waals surface area (Å²) in [6.07, 6.45) is 0.627. The Morgan fingerprint density at radius 2 is 1.91 bits per heavy atom. The summed E-state index contributed by atoms with van der Waals surface area (Å²) in [5.74, 6) is 1.61. The van der Waals surface area contributed by atoms with Gasteiger partial charge in [-0.25, -0.2) is 18.4 Å². The second kappa shape index (κ2) is 10.9. The zero-order chi connectivity index (χ0) is 29.8. The van der Waals surface area contributed by atoms with Crippen molar-refractivity contribution in [2.24, 2.45) is 18.9 Å². The maximum atomic E-state index is 13.8. The number of piperazine rings is 1. The number of nitrogens with zero attached hydrogens (tertiary/aromatic N) is 6. The highest BCUT2D eigenvalue weighted by Gasteiger charge is 2.30.